The van der Waals surface area contributed by atoms with Crippen molar-refractivity contribution in [2.24, 2.45) is 11.0 Å². The molecule has 17 heavy (non-hydrogen) atoms. The Hall–Kier alpha value is -1.64. The minimum absolute atomic E-state index is 0.0939. The summed E-state index contributed by atoms with van der Waals surface area (Å²) >= 11 is 0. The first-order chi connectivity index (χ1) is 8.33. The average molecular weight is 228 g/mol. The molecule has 3 nitrogen and oxygen atoms in total. The molecular formula is C14H16N2O. The SMILES string of the molecule is O=C(N/N=C1\CCc2ccccc2C1)C1CC1. The number of hydrogen-bond donors (Lipinski definition) is 1. The second-order valence-electron chi connectivity index (χ2n) is 4.87. The van der Waals surface area contributed by atoms with Crippen LogP contribution >= 0.6 is 0 Å². The van der Waals surface area contributed by atoms with Gasteiger partial charge in [-0.1, -0.05) is 24.3 Å². The Kier molecular flexibility index (Phi) is 2.67. The fourth-order valence-electron chi connectivity index (χ4n) is 2.23. The molecule has 2 aliphatic rings. The minimum Gasteiger partial charge on any atom is -0.273 e. The number of carbonyl (C=O) groups excluding carboxylic acids is 1. The molecule has 0 heterocycles. The smallest absolute Gasteiger partial charge is 0.243 e. The van der Waals surface area contributed by atoms with E-state index in [1.165, 1.54) is 11.1 Å². The van der Waals surface area contributed by atoms with Crippen molar-refractivity contribution in [3.8, 4) is 0 Å². The van der Waals surface area contributed by atoms with Gasteiger partial charge in [0.05, 0.1) is 0 Å². The molecular weight excluding hydrogens is 212 g/mol. The fraction of sp³-hybridized carbons (Fsp3) is 0.429. The highest BCUT2D eigenvalue weighted by Gasteiger charge is 2.29. The number of fused-ring (bicyclic) bond motifs is 1. The van der Waals surface area contributed by atoms with Crippen molar-refractivity contribution in [3.63, 3.8) is 0 Å². The fourth-order valence-corrected chi connectivity index (χ4v) is 2.23. The quantitative estimate of drug-likeness (QED) is 0.773. The van der Waals surface area contributed by atoms with Crippen LogP contribution in [0.25, 0.3) is 0 Å². The first kappa shape index (κ1) is 10.5. The van der Waals surface area contributed by atoms with Crippen molar-refractivity contribution in [2.45, 2.75) is 32.1 Å². The van der Waals surface area contributed by atoms with Gasteiger partial charge in [-0.2, -0.15) is 5.10 Å². The van der Waals surface area contributed by atoms with E-state index < -0.39 is 0 Å². The predicted molar refractivity (Wildman–Crippen MR) is 66.8 cm³/mol. The highest BCUT2D eigenvalue weighted by atomic mass is 16.2. The van der Waals surface area contributed by atoms with Crippen LogP contribution < -0.4 is 5.43 Å². The molecule has 0 bridgehead atoms. The second kappa shape index (κ2) is 4.32. The molecule has 1 N–H and O–H groups in total. The van der Waals surface area contributed by atoms with E-state index in [1.54, 1.807) is 0 Å². The van der Waals surface area contributed by atoms with E-state index in [2.05, 4.69) is 34.8 Å². The monoisotopic (exact) mass is 228 g/mol. The van der Waals surface area contributed by atoms with Crippen molar-refractivity contribution < 1.29 is 4.79 Å². The number of aryl methyl sites for hydroxylation is 1. The Labute approximate surface area is 101 Å². The number of hydrazone groups is 1. The highest BCUT2D eigenvalue weighted by Crippen LogP contribution is 2.28. The maximum Gasteiger partial charge on any atom is 0.243 e. The second-order valence-corrected chi connectivity index (χ2v) is 4.87. The number of hydrogen-bond acceptors (Lipinski definition) is 2. The van der Waals surface area contributed by atoms with Crippen LogP contribution in [-0.4, -0.2) is 11.6 Å². The van der Waals surface area contributed by atoms with Gasteiger partial charge in [0.1, 0.15) is 0 Å². The minimum atomic E-state index is 0.0939. The number of nitrogens with one attached hydrogen (secondary N) is 1. The third kappa shape index (κ3) is 2.38. The van der Waals surface area contributed by atoms with Crippen LogP contribution in [0.4, 0.5) is 0 Å². The molecule has 1 fully saturated rings. The molecule has 1 aromatic carbocycles. The van der Waals surface area contributed by atoms with Gasteiger partial charge in [0.15, 0.2) is 0 Å². The van der Waals surface area contributed by atoms with Crippen molar-refractivity contribution in [3.05, 3.63) is 35.4 Å². The van der Waals surface area contributed by atoms with Crippen LogP contribution in [0.5, 0.6) is 0 Å². The summed E-state index contributed by atoms with van der Waals surface area (Å²) in [6.07, 6.45) is 4.93. The molecule has 0 aromatic heterocycles. The molecule has 2 aliphatic carbocycles. The van der Waals surface area contributed by atoms with Crippen molar-refractivity contribution in [2.75, 3.05) is 0 Å². The van der Waals surface area contributed by atoms with E-state index in [0.29, 0.717) is 0 Å². The van der Waals surface area contributed by atoms with Gasteiger partial charge < -0.3 is 0 Å². The van der Waals surface area contributed by atoms with E-state index >= 15 is 0 Å². The molecule has 0 aliphatic heterocycles. The van der Waals surface area contributed by atoms with Crippen LogP contribution in [-0.2, 0) is 17.6 Å². The zero-order valence-corrected chi connectivity index (χ0v) is 9.78. The molecule has 1 aromatic rings. The van der Waals surface area contributed by atoms with E-state index in [1.807, 2.05) is 0 Å². The van der Waals surface area contributed by atoms with E-state index in [4.69, 9.17) is 0 Å². The lowest BCUT2D eigenvalue weighted by molar-refractivity contribution is -0.122. The molecule has 0 atom stereocenters. The van der Waals surface area contributed by atoms with Gasteiger partial charge in [-0.05, 0) is 36.8 Å². The summed E-state index contributed by atoms with van der Waals surface area (Å²) < 4.78 is 0. The first-order valence-electron chi connectivity index (χ1n) is 6.25. The molecule has 0 unspecified atom stereocenters. The van der Waals surface area contributed by atoms with E-state index in [9.17, 15) is 4.79 Å². The Morgan fingerprint density at radius 1 is 1.18 bits per heavy atom. The lowest BCUT2D eigenvalue weighted by atomic mass is 9.90. The van der Waals surface area contributed by atoms with E-state index in [-0.39, 0.29) is 11.8 Å². The summed E-state index contributed by atoms with van der Waals surface area (Å²) in [6.45, 7) is 0. The highest BCUT2D eigenvalue weighted by molar-refractivity contribution is 5.90. The average Bonchev–Trinajstić information content (AvgIpc) is 3.20. The molecule has 0 saturated heterocycles. The Bertz CT molecular complexity index is 475. The van der Waals surface area contributed by atoms with E-state index in [0.717, 1.165) is 37.8 Å². The topological polar surface area (TPSA) is 41.5 Å². The zero-order chi connectivity index (χ0) is 11.7. The number of amides is 1. The van der Waals surface area contributed by atoms with Crippen LogP contribution in [0.2, 0.25) is 0 Å². The van der Waals surface area contributed by atoms with Crippen molar-refractivity contribution in [1.29, 1.82) is 0 Å². The van der Waals surface area contributed by atoms with Gasteiger partial charge in [-0.3, -0.25) is 4.79 Å². The number of carbonyl (C=O) groups is 1. The summed E-state index contributed by atoms with van der Waals surface area (Å²) in [4.78, 5) is 11.5. The van der Waals surface area contributed by atoms with Gasteiger partial charge in [0.25, 0.3) is 0 Å². The zero-order valence-electron chi connectivity index (χ0n) is 9.78. The Morgan fingerprint density at radius 3 is 2.71 bits per heavy atom. The van der Waals surface area contributed by atoms with Crippen LogP contribution in [0, 0.1) is 5.92 Å². The Morgan fingerprint density at radius 2 is 1.94 bits per heavy atom. The van der Waals surface area contributed by atoms with Gasteiger partial charge >= 0.3 is 0 Å². The first-order valence-corrected chi connectivity index (χ1v) is 6.25. The van der Waals surface area contributed by atoms with Gasteiger partial charge in [0, 0.05) is 18.1 Å². The third-order valence-electron chi connectivity index (χ3n) is 3.47. The molecule has 3 heteroatoms. The van der Waals surface area contributed by atoms with Crippen molar-refractivity contribution >= 4 is 11.6 Å². The van der Waals surface area contributed by atoms with Gasteiger partial charge in [0.2, 0.25) is 5.91 Å². The molecule has 3 rings (SSSR count). The normalized spacial score (nSPS) is 21.1. The number of benzene rings is 1. The summed E-state index contributed by atoms with van der Waals surface area (Å²) in [7, 11) is 0. The summed E-state index contributed by atoms with van der Waals surface area (Å²) in [5, 5.41) is 4.26. The van der Waals surface area contributed by atoms with Gasteiger partial charge in [-0.25, -0.2) is 5.43 Å². The number of nitrogens with zero attached hydrogens (tertiary/aromatic N) is 1. The molecule has 0 radical (unpaired) electrons. The third-order valence-corrected chi connectivity index (χ3v) is 3.47. The lowest BCUT2D eigenvalue weighted by Crippen LogP contribution is -2.23. The van der Waals surface area contributed by atoms with Crippen LogP contribution in [0.1, 0.15) is 30.4 Å². The largest absolute Gasteiger partial charge is 0.273 e. The van der Waals surface area contributed by atoms with Gasteiger partial charge in [-0.15, -0.1) is 0 Å². The maximum absolute atomic E-state index is 11.5. The molecule has 1 saturated carbocycles. The van der Waals surface area contributed by atoms with Crippen LogP contribution in [0.3, 0.4) is 0 Å². The predicted octanol–water partition coefficient (Wildman–Crippen LogP) is 2.06. The molecule has 88 valence electrons. The van der Waals surface area contributed by atoms with Crippen LogP contribution in [0.15, 0.2) is 29.4 Å². The van der Waals surface area contributed by atoms with Crippen molar-refractivity contribution in [1.82, 2.24) is 5.43 Å². The summed E-state index contributed by atoms with van der Waals surface area (Å²) in [5.74, 6) is 0.326. The standard InChI is InChI=1S/C14H16N2O/c17-14(11-5-6-11)16-15-13-8-7-10-3-1-2-4-12(10)9-13/h1-4,11H,5-9H2,(H,16,17)/b15-13+. The summed E-state index contributed by atoms with van der Waals surface area (Å²) in [6, 6.07) is 8.46. The Balaban J connectivity index is 1.66. The molecule has 1 amide bonds. The maximum atomic E-state index is 11.5. The number of rotatable bonds is 2. The lowest BCUT2D eigenvalue weighted by Gasteiger charge is -2.17. The summed E-state index contributed by atoms with van der Waals surface area (Å²) in [5.41, 5.74) is 6.55. The molecule has 0 spiro atoms.